The Labute approximate surface area is 401 Å². The number of amidine groups is 3. The summed E-state index contributed by atoms with van der Waals surface area (Å²) in [5, 5.41) is 25.9. The molecule has 3 aromatic carbocycles. The van der Waals surface area contributed by atoms with E-state index in [4.69, 9.17) is 31.4 Å². The first-order valence-corrected chi connectivity index (χ1v) is 23.0. The summed E-state index contributed by atoms with van der Waals surface area (Å²) in [7, 11) is 0. The molecule has 0 aliphatic carbocycles. The van der Waals surface area contributed by atoms with Crippen molar-refractivity contribution < 1.29 is 33.2 Å². The van der Waals surface area contributed by atoms with Gasteiger partial charge in [0.1, 0.15) is 22.9 Å². The molecule has 6 rings (SSSR count). The maximum Gasteiger partial charge on any atom is 0.413 e. The number of nitrogens with zero attached hydrogens (tertiary/aromatic N) is 5. The highest BCUT2D eigenvalue weighted by Crippen LogP contribution is 2.43. The lowest BCUT2D eigenvalue weighted by molar-refractivity contribution is -0.385. The standard InChI is InChI=1S/C16H20FN3O4S.C13H17N3O3S.C13H19N3OS.3CH4/c1-15(2,3)24-14(21)18-13-19-16(4,7-8-25-13)11-9-10(20(22)23)5-6-12(11)17;1-3-19-11-5-4-9(16(17)18)8-10(11)13(2)6-7-20-12(14)15-13;1-3-17-11-5-4-9(14)8-10(11)13(2)6-7-18-12(15)16-13;;;/h5-6,9H,7-8H2,1-4H3,(H,18,19,21);4-5,8H,3,6-7H2,1-2H3,(H2,14,15);4-5,8H,3,6-7,14H2,1-2H3,(H2,15,16);3*1H4/t16-;2*13-;;;/m000.../s1. The fraction of sp³-hybridized carbons (Fsp3) is 0.511. The van der Waals surface area contributed by atoms with Gasteiger partial charge < -0.3 is 31.4 Å². The van der Waals surface area contributed by atoms with Crippen molar-refractivity contribution in [2.24, 2.45) is 26.4 Å². The number of nitro groups is 2. The summed E-state index contributed by atoms with van der Waals surface area (Å²) < 4.78 is 30.7. The van der Waals surface area contributed by atoms with Gasteiger partial charge in [-0.15, -0.1) is 0 Å². The number of nitrogen functional groups attached to an aromatic ring is 1. The normalized spacial score (nSPS) is 21.0. The zero-order valence-corrected chi connectivity index (χ0v) is 39.1. The highest BCUT2D eigenvalue weighted by atomic mass is 32.2. The van der Waals surface area contributed by atoms with Crippen molar-refractivity contribution >= 4 is 73.9 Å². The van der Waals surface area contributed by atoms with Crippen LogP contribution in [0.25, 0.3) is 0 Å². The van der Waals surface area contributed by atoms with Crippen LogP contribution in [0.5, 0.6) is 11.5 Å². The number of nitrogens with one attached hydrogen (secondary N) is 1. The number of benzene rings is 3. The molecule has 3 aliphatic heterocycles. The van der Waals surface area contributed by atoms with Crippen LogP contribution in [0.1, 0.15) is 114 Å². The van der Waals surface area contributed by atoms with E-state index in [1.807, 2.05) is 39.0 Å². The van der Waals surface area contributed by atoms with Crippen LogP contribution in [0.4, 0.5) is 26.2 Å². The average molecular weight is 978 g/mol. The molecule has 3 heterocycles. The molecule has 0 saturated heterocycles. The van der Waals surface area contributed by atoms with Gasteiger partial charge in [-0.25, -0.2) is 9.18 Å². The summed E-state index contributed by atoms with van der Waals surface area (Å²) in [6.07, 6.45) is 1.53. The lowest BCUT2D eigenvalue weighted by Crippen LogP contribution is -2.38. The molecule has 0 fully saturated rings. The summed E-state index contributed by atoms with van der Waals surface area (Å²) in [5.41, 5.74) is 17.4. The lowest BCUT2D eigenvalue weighted by atomic mass is 9.88. The van der Waals surface area contributed by atoms with Crippen LogP contribution in [-0.4, -0.2) is 67.5 Å². The van der Waals surface area contributed by atoms with Crippen LogP contribution < -0.4 is 32.0 Å². The number of nitrogens with two attached hydrogens (primary N) is 3. The third kappa shape index (κ3) is 16.0. The van der Waals surface area contributed by atoms with Crippen molar-refractivity contribution in [3.63, 3.8) is 0 Å². The molecule has 66 heavy (non-hydrogen) atoms. The molecule has 21 heteroatoms. The number of halogens is 1. The Hall–Kier alpha value is -5.28. The minimum absolute atomic E-state index is 0. The number of anilines is 1. The average Bonchev–Trinajstić information content (AvgIpc) is 3.18. The number of hydrogen-bond acceptors (Lipinski definition) is 17. The molecule has 0 spiro atoms. The van der Waals surface area contributed by atoms with Crippen molar-refractivity contribution in [3.05, 3.63) is 97.3 Å². The van der Waals surface area contributed by atoms with E-state index < -0.39 is 38.4 Å². The Balaban J connectivity index is 0.000000491. The molecular weight excluding hydrogens is 910 g/mol. The Morgan fingerprint density at radius 2 is 1.14 bits per heavy atom. The van der Waals surface area contributed by atoms with Gasteiger partial charge in [0.25, 0.3) is 11.4 Å². The van der Waals surface area contributed by atoms with E-state index in [2.05, 4.69) is 27.2 Å². The van der Waals surface area contributed by atoms with Crippen molar-refractivity contribution in [2.45, 2.75) is 119 Å². The third-order valence-corrected chi connectivity index (χ3v) is 12.3. The van der Waals surface area contributed by atoms with Crippen LogP contribution in [0.15, 0.2) is 69.6 Å². The number of thioether (sulfide) groups is 3. The van der Waals surface area contributed by atoms with Gasteiger partial charge in [0.15, 0.2) is 15.5 Å². The second-order valence-electron chi connectivity index (χ2n) is 16.0. The van der Waals surface area contributed by atoms with Gasteiger partial charge in [-0.2, -0.15) is 0 Å². The molecule has 0 aromatic heterocycles. The second kappa shape index (κ2) is 25.0. The Bertz CT molecular complexity index is 2260. The fourth-order valence-electron chi connectivity index (χ4n) is 6.69. The molecule has 0 radical (unpaired) electrons. The first-order chi connectivity index (χ1) is 29.5. The van der Waals surface area contributed by atoms with Crippen LogP contribution in [-0.2, 0) is 21.4 Å². The number of carbonyl (C=O) groups is 1. The predicted octanol–water partition coefficient (Wildman–Crippen LogP) is 10.9. The summed E-state index contributed by atoms with van der Waals surface area (Å²) >= 11 is 4.40. The molecular formula is C45H68FN9O8S3. The fourth-order valence-corrected chi connectivity index (χ4v) is 9.76. The molecule has 0 bridgehead atoms. The number of alkyl carbamates (subject to hydrolysis) is 1. The highest BCUT2D eigenvalue weighted by Gasteiger charge is 2.36. The van der Waals surface area contributed by atoms with Crippen LogP contribution in [0.3, 0.4) is 0 Å². The minimum atomic E-state index is -1.01. The smallest absolute Gasteiger partial charge is 0.413 e. The minimum Gasteiger partial charge on any atom is -0.494 e. The number of nitro benzene ring substituents is 2. The molecule has 17 nitrogen and oxygen atoms in total. The molecule has 0 unspecified atom stereocenters. The van der Waals surface area contributed by atoms with Gasteiger partial charge >= 0.3 is 6.09 Å². The van der Waals surface area contributed by atoms with E-state index >= 15 is 0 Å². The molecule has 3 atom stereocenters. The SMILES string of the molecule is C.C.C.CC(C)(C)OC(=O)NC1=N[C@](C)(c2cc([N+](=O)[O-])ccc2F)CCS1.CCOc1ccc(N)cc1[C@]1(C)CCSC(N)=N1.CCOc1ccc([N+](=O)[O-])cc1[C@]1(C)CCSC(N)=N1. The largest absolute Gasteiger partial charge is 0.494 e. The van der Waals surface area contributed by atoms with E-state index in [9.17, 15) is 29.4 Å². The zero-order valence-electron chi connectivity index (χ0n) is 36.7. The monoisotopic (exact) mass is 977 g/mol. The number of hydrogen-bond donors (Lipinski definition) is 4. The van der Waals surface area contributed by atoms with Crippen molar-refractivity contribution in [3.8, 4) is 11.5 Å². The van der Waals surface area contributed by atoms with Crippen LogP contribution in [0, 0.1) is 26.0 Å². The van der Waals surface area contributed by atoms with Crippen LogP contribution >= 0.6 is 35.3 Å². The molecule has 0 saturated carbocycles. The molecule has 1 amide bonds. The van der Waals surface area contributed by atoms with Gasteiger partial charge in [-0.1, -0.05) is 57.6 Å². The summed E-state index contributed by atoms with van der Waals surface area (Å²) in [5.74, 6) is 3.28. The number of non-ortho nitro benzene ring substituents is 2. The zero-order chi connectivity index (χ0) is 46.8. The molecule has 366 valence electrons. The van der Waals surface area contributed by atoms with E-state index in [1.165, 1.54) is 41.7 Å². The predicted molar refractivity (Wildman–Crippen MR) is 273 cm³/mol. The number of aliphatic imine (C=N–C) groups is 3. The number of carbonyl (C=O) groups excluding carboxylic acids is 1. The number of rotatable bonds is 9. The first kappa shape index (κ1) is 58.7. The molecule has 3 aliphatic rings. The molecule has 7 N–H and O–H groups in total. The van der Waals surface area contributed by atoms with Gasteiger partial charge in [-0.3, -0.25) is 40.5 Å². The Morgan fingerprint density at radius 3 is 1.59 bits per heavy atom. The van der Waals surface area contributed by atoms with Crippen molar-refractivity contribution in [2.75, 3.05) is 36.2 Å². The van der Waals surface area contributed by atoms with E-state index in [1.54, 1.807) is 45.5 Å². The first-order valence-electron chi connectivity index (χ1n) is 20.1. The van der Waals surface area contributed by atoms with E-state index in [0.717, 1.165) is 59.0 Å². The topological polar surface area (TPSA) is 258 Å². The maximum absolute atomic E-state index is 14.3. The van der Waals surface area contributed by atoms with E-state index in [0.29, 0.717) is 46.6 Å². The van der Waals surface area contributed by atoms with E-state index in [-0.39, 0.29) is 44.8 Å². The Morgan fingerprint density at radius 1 is 0.712 bits per heavy atom. The summed E-state index contributed by atoms with van der Waals surface area (Å²) in [6, 6.07) is 13.7. The summed E-state index contributed by atoms with van der Waals surface area (Å²) in [4.78, 5) is 46.3. The quantitative estimate of drug-likeness (QED) is 0.0883. The van der Waals surface area contributed by atoms with Crippen molar-refractivity contribution in [1.29, 1.82) is 0 Å². The van der Waals surface area contributed by atoms with Gasteiger partial charge in [0.2, 0.25) is 0 Å². The van der Waals surface area contributed by atoms with Crippen LogP contribution in [0.2, 0.25) is 0 Å². The second-order valence-corrected chi connectivity index (χ2v) is 19.4. The third-order valence-electron chi connectivity index (χ3n) is 9.85. The maximum atomic E-state index is 14.3. The van der Waals surface area contributed by atoms with Gasteiger partial charge in [0, 0.05) is 63.9 Å². The number of ether oxygens (including phenoxy) is 3. The van der Waals surface area contributed by atoms with Gasteiger partial charge in [-0.05, 0) is 105 Å². The summed E-state index contributed by atoms with van der Waals surface area (Å²) in [6.45, 7) is 15.9. The van der Waals surface area contributed by atoms with Gasteiger partial charge in [0.05, 0.1) is 39.7 Å². The lowest BCUT2D eigenvalue weighted by Gasteiger charge is -2.31. The van der Waals surface area contributed by atoms with Crippen molar-refractivity contribution in [1.82, 2.24) is 5.32 Å². The number of amides is 1. The molecule has 3 aromatic rings. The Kier molecular flexibility index (Phi) is 22.3. The highest BCUT2D eigenvalue weighted by molar-refractivity contribution is 8.14.